The van der Waals surface area contributed by atoms with Crippen LogP contribution in [-0.2, 0) is 21.1 Å². The molecule has 0 unspecified atom stereocenters. The fourth-order valence-corrected chi connectivity index (χ4v) is 7.96. The van der Waals surface area contributed by atoms with Gasteiger partial charge in [0.1, 0.15) is 17.3 Å². The van der Waals surface area contributed by atoms with Crippen LogP contribution in [0.1, 0.15) is 5.56 Å². The average Bonchev–Trinajstić information content (AvgIpc) is 3.20. The highest BCUT2D eigenvalue weighted by atomic mass is 35.5. The number of aliphatic imine (C=N–C) groups is 1. The summed E-state index contributed by atoms with van der Waals surface area (Å²) in [6, 6.07) is 8.43. The molecule has 0 aliphatic carbocycles. The van der Waals surface area contributed by atoms with Gasteiger partial charge in [0.15, 0.2) is 15.0 Å². The maximum Gasteiger partial charge on any atom is 0.252 e. The van der Waals surface area contributed by atoms with Crippen LogP contribution in [-0.4, -0.2) is 56.5 Å². The zero-order chi connectivity index (χ0) is 23.0. The topological polar surface area (TPSA) is 85.3 Å². The van der Waals surface area contributed by atoms with Crippen molar-refractivity contribution in [1.29, 1.82) is 0 Å². The van der Waals surface area contributed by atoms with E-state index in [1.54, 1.807) is 17.0 Å². The van der Waals surface area contributed by atoms with E-state index < -0.39 is 21.8 Å². The summed E-state index contributed by atoms with van der Waals surface area (Å²) >= 11 is 7.59. The highest BCUT2D eigenvalue weighted by Crippen LogP contribution is 2.46. The summed E-state index contributed by atoms with van der Waals surface area (Å²) < 4.78 is 48.5. The van der Waals surface area contributed by atoms with Gasteiger partial charge in [-0.25, -0.2) is 12.8 Å². The quantitative estimate of drug-likeness (QED) is 0.625. The second kappa shape index (κ2) is 8.92. The van der Waals surface area contributed by atoms with Crippen molar-refractivity contribution < 1.29 is 27.1 Å². The van der Waals surface area contributed by atoms with Crippen molar-refractivity contribution in [3.8, 4) is 11.5 Å². The molecule has 2 saturated heterocycles. The standard InChI is InChI=1S/C21H20ClFN2O5S2/c1-29-17-9-18(30-2)15(8-14(17)22)25-16-10-32(27,28)11-19(16)31-21(25)24-20(26)7-12-3-5-13(23)6-4-12/h3-6,8-9,16,19H,7,10-11H2,1-2H3/t16-,19+/m1/s1. The number of amidine groups is 1. The Morgan fingerprint density at radius 3 is 2.53 bits per heavy atom. The van der Waals surface area contributed by atoms with Crippen LogP contribution in [0.25, 0.3) is 0 Å². The number of rotatable bonds is 5. The van der Waals surface area contributed by atoms with Crippen LogP contribution in [0.3, 0.4) is 0 Å². The fraction of sp³-hybridized carbons (Fsp3) is 0.333. The van der Waals surface area contributed by atoms with Crippen LogP contribution in [0.5, 0.6) is 11.5 Å². The van der Waals surface area contributed by atoms with Gasteiger partial charge in [-0.2, -0.15) is 4.99 Å². The number of carbonyl (C=O) groups is 1. The molecular weight excluding hydrogens is 479 g/mol. The molecule has 2 aromatic rings. The maximum absolute atomic E-state index is 13.1. The van der Waals surface area contributed by atoms with E-state index in [1.165, 1.54) is 50.2 Å². The number of thioether (sulfide) groups is 1. The lowest BCUT2D eigenvalue weighted by Gasteiger charge is -2.26. The number of fused-ring (bicyclic) bond motifs is 1. The number of carbonyl (C=O) groups excluding carboxylic acids is 1. The van der Waals surface area contributed by atoms with Crippen molar-refractivity contribution in [3.63, 3.8) is 0 Å². The van der Waals surface area contributed by atoms with E-state index >= 15 is 0 Å². The number of amides is 1. The molecule has 0 saturated carbocycles. The third-order valence-corrected chi connectivity index (χ3v) is 8.77. The Morgan fingerprint density at radius 2 is 1.88 bits per heavy atom. The summed E-state index contributed by atoms with van der Waals surface area (Å²) in [6.07, 6.45) is -0.00762. The first-order valence-corrected chi connectivity index (χ1v) is 12.7. The van der Waals surface area contributed by atoms with Gasteiger partial charge in [-0.3, -0.25) is 4.79 Å². The van der Waals surface area contributed by atoms with Crippen LogP contribution in [0, 0.1) is 5.82 Å². The van der Waals surface area contributed by atoms with Crippen LogP contribution in [0.4, 0.5) is 10.1 Å². The Kier molecular flexibility index (Phi) is 6.37. The van der Waals surface area contributed by atoms with Gasteiger partial charge in [-0.1, -0.05) is 35.5 Å². The molecule has 2 heterocycles. The van der Waals surface area contributed by atoms with Gasteiger partial charge in [0, 0.05) is 11.3 Å². The summed E-state index contributed by atoms with van der Waals surface area (Å²) in [5.41, 5.74) is 1.13. The van der Waals surface area contributed by atoms with E-state index in [9.17, 15) is 17.6 Å². The molecule has 7 nitrogen and oxygen atoms in total. The number of methoxy groups -OCH3 is 2. The van der Waals surface area contributed by atoms with E-state index in [2.05, 4.69) is 4.99 Å². The van der Waals surface area contributed by atoms with Crippen LogP contribution < -0.4 is 14.4 Å². The van der Waals surface area contributed by atoms with Gasteiger partial charge in [-0.15, -0.1) is 0 Å². The van der Waals surface area contributed by atoms with Gasteiger partial charge in [0.25, 0.3) is 5.91 Å². The first-order valence-electron chi connectivity index (χ1n) is 9.64. The van der Waals surface area contributed by atoms with E-state index in [1.807, 2.05) is 0 Å². The summed E-state index contributed by atoms with van der Waals surface area (Å²) in [5, 5.41) is 0.416. The lowest BCUT2D eigenvalue weighted by atomic mass is 10.1. The van der Waals surface area contributed by atoms with Crippen molar-refractivity contribution in [2.45, 2.75) is 17.7 Å². The van der Waals surface area contributed by atoms with E-state index in [0.29, 0.717) is 32.9 Å². The van der Waals surface area contributed by atoms with Crippen molar-refractivity contribution in [3.05, 3.63) is 52.8 Å². The van der Waals surface area contributed by atoms with Gasteiger partial charge >= 0.3 is 0 Å². The predicted octanol–water partition coefficient (Wildman–Crippen LogP) is 3.34. The molecule has 0 N–H and O–H groups in total. The number of benzene rings is 2. The molecule has 2 aliphatic heterocycles. The third-order valence-electron chi connectivity index (χ3n) is 5.27. The lowest BCUT2D eigenvalue weighted by molar-refractivity contribution is -0.117. The molecule has 0 aromatic heterocycles. The van der Waals surface area contributed by atoms with E-state index in [4.69, 9.17) is 21.1 Å². The largest absolute Gasteiger partial charge is 0.495 e. The van der Waals surface area contributed by atoms with Crippen LogP contribution in [0.2, 0.25) is 5.02 Å². The average molecular weight is 499 g/mol. The minimum Gasteiger partial charge on any atom is -0.495 e. The van der Waals surface area contributed by atoms with Gasteiger partial charge in [0.2, 0.25) is 0 Å². The number of hydrogen-bond donors (Lipinski definition) is 0. The van der Waals surface area contributed by atoms with Crippen molar-refractivity contribution in [2.24, 2.45) is 4.99 Å². The first kappa shape index (κ1) is 22.9. The Hall–Kier alpha value is -2.30. The molecule has 32 heavy (non-hydrogen) atoms. The Morgan fingerprint density at radius 1 is 1.19 bits per heavy atom. The highest BCUT2D eigenvalue weighted by Gasteiger charge is 2.50. The third kappa shape index (κ3) is 4.57. The summed E-state index contributed by atoms with van der Waals surface area (Å²) in [6.45, 7) is 0. The zero-order valence-electron chi connectivity index (χ0n) is 17.2. The van der Waals surface area contributed by atoms with E-state index in [-0.39, 0.29) is 29.0 Å². The molecule has 1 amide bonds. The molecule has 0 spiro atoms. The van der Waals surface area contributed by atoms with Crippen molar-refractivity contribution >= 4 is 50.0 Å². The number of sulfone groups is 1. The minimum absolute atomic E-state index is 0.00376. The summed E-state index contributed by atoms with van der Waals surface area (Å²) in [7, 11) is -0.270. The SMILES string of the molecule is COc1cc(OC)c(N2C(=NC(=O)Cc3ccc(F)cc3)S[C@H]3CS(=O)(=O)C[C@H]32)cc1Cl. The highest BCUT2D eigenvalue weighted by molar-refractivity contribution is 8.16. The molecule has 2 aliphatic rings. The van der Waals surface area contributed by atoms with E-state index in [0.717, 1.165) is 0 Å². The van der Waals surface area contributed by atoms with Gasteiger partial charge in [-0.05, 0) is 23.8 Å². The van der Waals surface area contributed by atoms with Gasteiger partial charge in [0.05, 0.1) is 48.9 Å². The number of ether oxygens (including phenoxy) is 2. The number of nitrogens with zero attached hydrogens (tertiary/aromatic N) is 2. The molecule has 0 bridgehead atoms. The molecule has 4 rings (SSSR count). The number of halogens is 2. The van der Waals surface area contributed by atoms with Crippen LogP contribution in [0.15, 0.2) is 41.4 Å². The molecule has 2 atom stereocenters. The molecular formula is C21H20ClFN2O5S2. The Labute approximate surface area is 194 Å². The lowest BCUT2D eigenvalue weighted by Crippen LogP contribution is -2.38. The molecule has 0 radical (unpaired) electrons. The smallest absolute Gasteiger partial charge is 0.252 e. The number of anilines is 1. The summed E-state index contributed by atoms with van der Waals surface area (Å²) in [5.74, 6) is -0.0668. The molecule has 170 valence electrons. The predicted molar refractivity (Wildman–Crippen MR) is 123 cm³/mol. The summed E-state index contributed by atoms with van der Waals surface area (Å²) in [4.78, 5) is 18.7. The Balaban J connectivity index is 1.72. The zero-order valence-corrected chi connectivity index (χ0v) is 19.6. The Bertz CT molecular complexity index is 1190. The second-order valence-corrected chi connectivity index (χ2v) is 11.2. The first-order chi connectivity index (χ1) is 15.2. The van der Waals surface area contributed by atoms with Crippen molar-refractivity contribution in [1.82, 2.24) is 0 Å². The molecule has 11 heteroatoms. The monoisotopic (exact) mass is 498 g/mol. The number of hydrogen-bond acceptors (Lipinski definition) is 6. The normalized spacial score (nSPS) is 22.8. The van der Waals surface area contributed by atoms with Crippen LogP contribution >= 0.6 is 23.4 Å². The minimum atomic E-state index is -3.23. The fourth-order valence-electron chi connectivity index (χ4n) is 3.80. The van der Waals surface area contributed by atoms with Gasteiger partial charge < -0.3 is 14.4 Å². The second-order valence-electron chi connectivity index (χ2n) is 7.42. The maximum atomic E-state index is 13.1. The molecule has 2 fully saturated rings. The van der Waals surface area contributed by atoms with Crippen molar-refractivity contribution in [2.75, 3.05) is 30.6 Å². The molecule has 2 aromatic carbocycles.